The topological polar surface area (TPSA) is 55.1 Å². The highest BCUT2D eigenvalue weighted by molar-refractivity contribution is 7.09. The number of unbranched alkanes of at least 4 members (excludes halogenated alkanes) is 1. The molecule has 2 heterocycles. The normalized spacial score (nSPS) is 23.6. The van der Waals surface area contributed by atoms with Crippen LogP contribution in [-0.2, 0) is 9.47 Å². The molecule has 4 nitrogen and oxygen atoms in total. The molecule has 0 aliphatic carbocycles. The molecule has 25 heavy (non-hydrogen) atoms. The molecule has 0 spiro atoms. The summed E-state index contributed by atoms with van der Waals surface area (Å²) in [6, 6.07) is 9.52. The summed E-state index contributed by atoms with van der Waals surface area (Å²) >= 11 is 1.62. The van der Waals surface area contributed by atoms with Gasteiger partial charge in [0, 0.05) is 17.7 Å². The minimum Gasteiger partial charge on any atom is -0.348 e. The second-order valence-corrected chi connectivity index (χ2v) is 7.03. The first kappa shape index (κ1) is 17.8. The van der Waals surface area contributed by atoms with Crippen LogP contribution >= 0.6 is 11.3 Å². The zero-order chi connectivity index (χ0) is 17.5. The number of ether oxygens (including phenoxy) is 2. The third kappa shape index (κ3) is 4.55. The lowest BCUT2D eigenvalue weighted by Crippen LogP contribution is -2.30. The molecule has 130 valence electrons. The molecule has 0 bridgehead atoms. The second kappa shape index (κ2) is 8.91. The number of rotatable bonds is 6. The third-order valence-corrected chi connectivity index (χ3v) is 5.10. The van der Waals surface area contributed by atoms with Crippen molar-refractivity contribution in [1.29, 1.82) is 5.26 Å². The van der Waals surface area contributed by atoms with Crippen molar-refractivity contribution in [3.63, 3.8) is 0 Å². The minimum atomic E-state index is -0.407. The van der Waals surface area contributed by atoms with E-state index in [0.29, 0.717) is 12.2 Å². The first-order valence-electron chi connectivity index (χ1n) is 8.62. The van der Waals surface area contributed by atoms with E-state index in [1.165, 1.54) is 0 Å². The molecule has 3 atom stereocenters. The molecule has 0 saturated carbocycles. The fourth-order valence-electron chi connectivity index (χ4n) is 2.88. The van der Waals surface area contributed by atoms with Crippen LogP contribution in [0, 0.1) is 17.2 Å². The molecular weight excluding hydrogens is 332 g/mol. The summed E-state index contributed by atoms with van der Waals surface area (Å²) in [7, 11) is 0. The Morgan fingerprint density at radius 3 is 2.84 bits per heavy atom. The summed E-state index contributed by atoms with van der Waals surface area (Å²) in [5.41, 5.74) is 3.42. The fraction of sp³-hybridized carbons (Fsp3) is 0.400. The lowest BCUT2D eigenvalue weighted by atomic mass is 9.96. The summed E-state index contributed by atoms with van der Waals surface area (Å²) in [5, 5.41) is 8.94. The smallest absolute Gasteiger partial charge is 0.184 e. The summed E-state index contributed by atoms with van der Waals surface area (Å²) in [6.45, 7) is 2.82. The van der Waals surface area contributed by atoms with Gasteiger partial charge in [0.2, 0.25) is 0 Å². The van der Waals surface area contributed by atoms with E-state index in [4.69, 9.17) is 14.7 Å². The predicted octanol–water partition coefficient (Wildman–Crippen LogP) is 5.16. The monoisotopic (exact) mass is 354 g/mol. The molecular formula is C20H22N2O2S. The Morgan fingerprint density at radius 1 is 1.32 bits per heavy atom. The van der Waals surface area contributed by atoms with Gasteiger partial charge < -0.3 is 9.47 Å². The number of allylic oxidation sites excluding steroid dienone is 2. The van der Waals surface area contributed by atoms with Crippen LogP contribution in [0.25, 0.3) is 0 Å². The van der Waals surface area contributed by atoms with E-state index >= 15 is 0 Å². The van der Waals surface area contributed by atoms with Gasteiger partial charge in [0.05, 0.1) is 28.6 Å². The zero-order valence-corrected chi connectivity index (χ0v) is 15.1. The predicted molar refractivity (Wildman–Crippen MR) is 97.9 cm³/mol. The van der Waals surface area contributed by atoms with Gasteiger partial charge in [-0.3, -0.25) is 4.98 Å². The van der Waals surface area contributed by atoms with Crippen LogP contribution in [0.4, 0.5) is 0 Å². The molecule has 0 radical (unpaired) electrons. The maximum atomic E-state index is 8.94. The molecule has 0 N–H and O–H groups in total. The standard InChI is InChI=1S/C20H22N2O2S/c1-2-3-4-5-6-17-13-23-20(16-9-7-15(11-21)8-10-16)24-19(17)18-12-22-14-25-18/h4-5,7-10,12,14,17,19-20H,2-3,6,13H2,1H3/t17-,19+,20+/m1/s1. The average molecular weight is 354 g/mol. The summed E-state index contributed by atoms with van der Waals surface area (Å²) < 4.78 is 12.3. The van der Waals surface area contributed by atoms with E-state index in [2.05, 4.69) is 30.1 Å². The molecule has 2 aromatic rings. The molecule has 5 heteroatoms. The van der Waals surface area contributed by atoms with Gasteiger partial charge in [0.25, 0.3) is 0 Å². The van der Waals surface area contributed by atoms with Crippen molar-refractivity contribution < 1.29 is 9.47 Å². The summed E-state index contributed by atoms with van der Waals surface area (Å²) in [4.78, 5) is 5.34. The SMILES string of the molecule is CCCC=CC[C@@H]1CO[C@H](c2ccc(C#N)cc2)O[C@@H]1c1cncs1. The highest BCUT2D eigenvalue weighted by Crippen LogP contribution is 2.41. The maximum Gasteiger partial charge on any atom is 0.184 e. The van der Waals surface area contributed by atoms with Crippen LogP contribution in [0.5, 0.6) is 0 Å². The van der Waals surface area contributed by atoms with E-state index in [9.17, 15) is 0 Å². The van der Waals surface area contributed by atoms with Crippen LogP contribution < -0.4 is 0 Å². The highest BCUT2D eigenvalue weighted by atomic mass is 32.1. The molecule has 0 amide bonds. The van der Waals surface area contributed by atoms with E-state index < -0.39 is 6.29 Å². The van der Waals surface area contributed by atoms with Crippen LogP contribution in [0.15, 0.2) is 48.1 Å². The quantitative estimate of drug-likeness (QED) is 0.672. The molecule has 1 aromatic carbocycles. The first-order valence-corrected chi connectivity index (χ1v) is 9.50. The van der Waals surface area contributed by atoms with Crippen LogP contribution in [0.1, 0.15) is 54.6 Å². The highest BCUT2D eigenvalue weighted by Gasteiger charge is 2.34. The number of hydrogen-bond acceptors (Lipinski definition) is 5. The zero-order valence-electron chi connectivity index (χ0n) is 14.3. The number of nitrogens with zero attached hydrogens (tertiary/aromatic N) is 2. The van der Waals surface area contributed by atoms with Gasteiger partial charge in [0.15, 0.2) is 6.29 Å². The van der Waals surface area contributed by atoms with Gasteiger partial charge in [-0.25, -0.2) is 0 Å². The van der Waals surface area contributed by atoms with E-state index in [-0.39, 0.29) is 12.0 Å². The van der Waals surface area contributed by atoms with Crippen molar-refractivity contribution in [2.75, 3.05) is 6.61 Å². The van der Waals surface area contributed by atoms with E-state index in [1.807, 2.05) is 23.8 Å². The number of hydrogen-bond donors (Lipinski definition) is 0. The lowest BCUT2D eigenvalue weighted by Gasteiger charge is -2.36. The Kier molecular flexibility index (Phi) is 6.35. The fourth-order valence-corrected chi connectivity index (χ4v) is 3.63. The van der Waals surface area contributed by atoms with Gasteiger partial charge in [0.1, 0.15) is 6.10 Å². The second-order valence-electron chi connectivity index (χ2n) is 6.12. The van der Waals surface area contributed by atoms with Crippen molar-refractivity contribution in [1.82, 2.24) is 4.98 Å². The van der Waals surface area contributed by atoms with Crippen LogP contribution in [0.2, 0.25) is 0 Å². The van der Waals surface area contributed by atoms with Crippen LogP contribution in [0.3, 0.4) is 0 Å². The van der Waals surface area contributed by atoms with Gasteiger partial charge in [-0.15, -0.1) is 11.3 Å². The van der Waals surface area contributed by atoms with Gasteiger partial charge in [-0.2, -0.15) is 5.26 Å². The van der Waals surface area contributed by atoms with Gasteiger partial charge in [-0.1, -0.05) is 37.6 Å². The Balaban J connectivity index is 1.73. The maximum absolute atomic E-state index is 8.94. The molecule has 1 fully saturated rings. The Labute approximate surface area is 152 Å². The third-order valence-electron chi connectivity index (χ3n) is 4.26. The number of thiazole rings is 1. The van der Waals surface area contributed by atoms with Crippen molar-refractivity contribution in [3.05, 3.63) is 64.1 Å². The largest absolute Gasteiger partial charge is 0.348 e. The molecule has 0 unspecified atom stereocenters. The first-order chi connectivity index (χ1) is 12.3. The van der Waals surface area contributed by atoms with Gasteiger partial charge in [-0.05, 0) is 25.0 Å². The Hall–Kier alpha value is -2.00. The lowest BCUT2D eigenvalue weighted by molar-refractivity contribution is -0.243. The van der Waals surface area contributed by atoms with Gasteiger partial charge >= 0.3 is 0 Å². The minimum absolute atomic E-state index is 0.0202. The molecule has 1 saturated heterocycles. The molecule has 1 aliphatic rings. The average Bonchev–Trinajstić information content (AvgIpc) is 3.20. The number of benzene rings is 1. The number of nitriles is 1. The Bertz CT molecular complexity index is 719. The van der Waals surface area contributed by atoms with Crippen molar-refractivity contribution >= 4 is 11.3 Å². The van der Waals surface area contributed by atoms with E-state index in [0.717, 1.165) is 29.7 Å². The molecule has 3 rings (SSSR count). The van der Waals surface area contributed by atoms with Crippen molar-refractivity contribution in [2.24, 2.45) is 5.92 Å². The van der Waals surface area contributed by atoms with E-state index in [1.54, 1.807) is 23.5 Å². The van der Waals surface area contributed by atoms with Crippen molar-refractivity contribution in [3.8, 4) is 6.07 Å². The Morgan fingerprint density at radius 2 is 2.16 bits per heavy atom. The molecule has 1 aliphatic heterocycles. The summed E-state index contributed by atoms with van der Waals surface area (Å²) in [5.74, 6) is 0.281. The summed E-state index contributed by atoms with van der Waals surface area (Å²) in [6.07, 6.45) is 9.12. The number of aromatic nitrogens is 1. The van der Waals surface area contributed by atoms with Crippen LogP contribution in [-0.4, -0.2) is 11.6 Å². The molecule has 1 aromatic heterocycles. The van der Waals surface area contributed by atoms with Crippen molar-refractivity contribution in [2.45, 2.75) is 38.6 Å².